The number of carboxylic acid groups (broad SMARTS) is 1. The summed E-state index contributed by atoms with van der Waals surface area (Å²) < 4.78 is 0. The number of fused-ring (bicyclic) bond motifs is 3. The number of aromatic carboxylic acids is 1. The second-order valence-electron chi connectivity index (χ2n) is 4.03. The first-order valence-corrected chi connectivity index (χ1v) is 5.40. The zero-order chi connectivity index (χ0) is 11.8. The van der Waals surface area contributed by atoms with E-state index in [9.17, 15) is 4.79 Å². The molecule has 2 aliphatic carbocycles. The average Bonchev–Trinajstić information content (AvgIpc) is 2.71. The molecule has 0 radical (unpaired) electrons. The molecular weight excluding hydrogens is 212 g/mol. The van der Waals surface area contributed by atoms with Crippen molar-refractivity contribution in [1.82, 2.24) is 0 Å². The van der Waals surface area contributed by atoms with E-state index in [2.05, 4.69) is 12.1 Å². The molecule has 0 saturated heterocycles. The molecule has 0 bridgehead atoms. The third kappa shape index (κ3) is 1.54. The molecule has 0 unspecified atom stereocenters. The number of rotatable bonds is 1. The van der Waals surface area contributed by atoms with Crippen molar-refractivity contribution in [3.63, 3.8) is 0 Å². The van der Waals surface area contributed by atoms with E-state index in [0.717, 1.165) is 16.3 Å². The Bertz CT molecular complexity index is 686. The molecule has 1 N–H and O–H groups in total. The summed E-state index contributed by atoms with van der Waals surface area (Å²) in [6, 6.07) is 17.3. The lowest BCUT2D eigenvalue weighted by Gasteiger charge is -2.00. The lowest BCUT2D eigenvalue weighted by molar-refractivity contribution is 0.0697. The number of hydrogen-bond donors (Lipinski definition) is 1. The van der Waals surface area contributed by atoms with Crippen molar-refractivity contribution >= 4 is 16.7 Å². The lowest BCUT2D eigenvalue weighted by Crippen LogP contribution is -1.94. The Balaban J connectivity index is 2.39. The van der Waals surface area contributed by atoms with Gasteiger partial charge in [-0.3, -0.25) is 0 Å². The lowest BCUT2D eigenvalue weighted by atomic mass is 10.0. The molecule has 82 valence electrons. The van der Waals surface area contributed by atoms with Crippen molar-refractivity contribution < 1.29 is 9.90 Å². The Morgan fingerprint density at radius 1 is 0.941 bits per heavy atom. The summed E-state index contributed by atoms with van der Waals surface area (Å²) in [5.41, 5.74) is 2.65. The minimum absolute atomic E-state index is 0.323. The van der Waals surface area contributed by atoms with Crippen LogP contribution in [0.25, 0.3) is 21.9 Å². The molecule has 0 aromatic heterocycles. The highest BCUT2D eigenvalue weighted by molar-refractivity contribution is 6.00. The van der Waals surface area contributed by atoms with Crippen LogP contribution < -0.4 is 0 Å². The van der Waals surface area contributed by atoms with E-state index < -0.39 is 5.97 Å². The summed E-state index contributed by atoms with van der Waals surface area (Å²) in [7, 11) is 0. The van der Waals surface area contributed by atoms with Crippen LogP contribution in [0.2, 0.25) is 0 Å². The van der Waals surface area contributed by atoms with E-state index in [4.69, 9.17) is 5.11 Å². The SMILES string of the molecule is O=C(O)c1ccc2c3cccc-3cccc2c1. The maximum Gasteiger partial charge on any atom is 0.335 e. The van der Waals surface area contributed by atoms with Crippen molar-refractivity contribution in [2.45, 2.75) is 0 Å². The molecule has 0 spiro atoms. The molecular formula is C15H10O2. The number of carbonyl (C=O) groups is 1. The van der Waals surface area contributed by atoms with Gasteiger partial charge in [-0.25, -0.2) is 4.79 Å². The molecule has 0 amide bonds. The number of hydrogen-bond acceptors (Lipinski definition) is 1. The molecule has 17 heavy (non-hydrogen) atoms. The predicted molar refractivity (Wildman–Crippen MR) is 67.5 cm³/mol. The average molecular weight is 222 g/mol. The Labute approximate surface area is 98.5 Å². The highest BCUT2D eigenvalue weighted by Crippen LogP contribution is 2.30. The first-order valence-electron chi connectivity index (χ1n) is 5.40. The van der Waals surface area contributed by atoms with Gasteiger partial charge in [0.15, 0.2) is 0 Å². The van der Waals surface area contributed by atoms with Crippen molar-refractivity contribution in [2.24, 2.45) is 0 Å². The highest BCUT2D eigenvalue weighted by atomic mass is 16.4. The van der Waals surface area contributed by atoms with Crippen LogP contribution in [0.15, 0.2) is 54.6 Å². The second-order valence-corrected chi connectivity index (χ2v) is 4.03. The minimum atomic E-state index is -0.892. The fraction of sp³-hybridized carbons (Fsp3) is 0. The summed E-state index contributed by atoms with van der Waals surface area (Å²) in [5, 5.41) is 11.0. The van der Waals surface area contributed by atoms with Crippen LogP contribution in [0.3, 0.4) is 0 Å². The molecule has 0 heterocycles. The molecule has 1 aromatic rings. The van der Waals surface area contributed by atoms with Crippen LogP contribution in [-0.4, -0.2) is 11.1 Å². The Kier molecular flexibility index (Phi) is 2.08. The van der Waals surface area contributed by atoms with E-state index in [1.54, 1.807) is 12.1 Å². The topological polar surface area (TPSA) is 37.3 Å². The van der Waals surface area contributed by atoms with Crippen LogP contribution in [0.4, 0.5) is 0 Å². The van der Waals surface area contributed by atoms with Crippen molar-refractivity contribution in [3.05, 3.63) is 60.2 Å². The van der Waals surface area contributed by atoms with Crippen LogP contribution >= 0.6 is 0 Å². The van der Waals surface area contributed by atoms with Gasteiger partial charge in [0.1, 0.15) is 0 Å². The van der Waals surface area contributed by atoms with Gasteiger partial charge >= 0.3 is 5.97 Å². The predicted octanol–water partition coefficient (Wildman–Crippen LogP) is 3.64. The van der Waals surface area contributed by atoms with Gasteiger partial charge in [-0.05, 0) is 34.0 Å². The van der Waals surface area contributed by atoms with E-state index in [-0.39, 0.29) is 0 Å². The number of benzene rings is 1. The maximum atomic E-state index is 10.9. The fourth-order valence-electron chi connectivity index (χ4n) is 2.16. The molecule has 2 heteroatoms. The molecule has 0 fully saturated rings. The zero-order valence-electron chi connectivity index (χ0n) is 9.05. The van der Waals surface area contributed by atoms with E-state index in [0.29, 0.717) is 5.56 Å². The fourth-order valence-corrected chi connectivity index (χ4v) is 2.16. The summed E-state index contributed by atoms with van der Waals surface area (Å²) in [6.07, 6.45) is 0. The van der Waals surface area contributed by atoms with Gasteiger partial charge in [0.05, 0.1) is 5.56 Å². The third-order valence-electron chi connectivity index (χ3n) is 2.99. The Hall–Kier alpha value is -2.35. The van der Waals surface area contributed by atoms with Gasteiger partial charge < -0.3 is 5.11 Å². The van der Waals surface area contributed by atoms with Gasteiger partial charge in [0, 0.05) is 0 Å². The molecule has 3 rings (SSSR count). The molecule has 1 aromatic carbocycles. The first-order chi connectivity index (χ1) is 8.25. The van der Waals surface area contributed by atoms with Gasteiger partial charge in [-0.15, -0.1) is 0 Å². The summed E-state index contributed by atoms with van der Waals surface area (Å²) in [6.45, 7) is 0. The van der Waals surface area contributed by atoms with Crippen LogP contribution in [0, 0.1) is 0 Å². The standard InChI is InChI=1S/C15H10O2/c16-15(17)12-7-8-14-11(9-12)5-1-3-10-4-2-6-13(10)14/h1-9H,(H,16,17). The van der Waals surface area contributed by atoms with Crippen LogP contribution in [0.1, 0.15) is 10.4 Å². The third-order valence-corrected chi connectivity index (χ3v) is 2.99. The van der Waals surface area contributed by atoms with Gasteiger partial charge in [-0.2, -0.15) is 0 Å². The number of carboxylic acids is 1. The zero-order valence-corrected chi connectivity index (χ0v) is 9.05. The van der Waals surface area contributed by atoms with E-state index in [1.165, 1.54) is 5.56 Å². The van der Waals surface area contributed by atoms with Gasteiger partial charge in [-0.1, -0.05) is 42.5 Å². The summed E-state index contributed by atoms with van der Waals surface area (Å²) in [4.78, 5) is 10.9. The smallest absolute Gasteiger partial charge is 0.335 e. The molecule has 2 nitrogen and oxygen atoms in total. The Morgan fingerprint density at radius 3 is 2.47 bits per heavy atom. The van der Waals surface area contributed by atoms with Crippen LogP contribution in [-0.2, 0) is 0 Å². The summed E-state index contributed by atoms with van der Waals surface area (Å²) in [5.74, 6) is -0.892. The Morgan fingerprint density at radius 2 is 1.71 bits per heavy atom. The minimum Gasteiger partial charge on any atom is -0.478 e. The normalized spacial score (nSPS) is 10.8. The van der Waals surface area contributed by atoms with E-state index in [1.807, 2.05) is 30.3 Å². The molecule has 0 saturated carbocycles. The van der Waals surface area contributed by atoms with Gasteiger partial charge in [0.25, 0.3) is 0 Å². The largest absolute Gasteiger partial charge is 0.478 e. The first kappa shape index (κ1) is 9.85. The molecule has 2 aliphatic rings. The monoisotopic (exact) mass is 222 g/mol. The van der Waals surface area contributed by atoms with Gasteiger partial charge in [0.2, 0.25) is 0 Å². The molecule has 0 atom stereocenters. The van der Waals surface area contributed by atoms with Crippen molar-refractivity contribution in [2.75, 3.05) is 0 Å². The van der Waals surface area contributed by atoms with Crippen molar-refractivity contribution in [1.29, 1.82) is 0 Å². The maximum absolute atomic E-state index is 10.9. The van der Waals surface area contributed by atoms with Crippen molar-refractivity contribution in [3.8, 4) is 11.1 Å². The quantitative estimate of drug-likeness (QED) is 0.682. The summed E-state index contributed by atoms with van der Waals surface area (Å²) >= 11 is 0. The molecule has 0 aliphatic heterocycles. The van der Waals surface area contributed by atoms with E-state index >= 15 is 0 Å². The second kappa shape index (κ2) is 3.59. The van der Waals surface area contributed by atoms with Crippen LogP contribution in [0.5, 0.6) is 0 Å². The highest BCUT2D eigenvalue weighted by Gasteiger charge is 2.07.